The lowest BCUT2D eigenvalue weighted by Gasteiger charge is -2.26. The van der Waals surface area contributed by atoms with E-state index in [0.717, 1.165) is 58.3 Å². The predicted molar refractivity (Wildman–Crippen MR) is 96.2 cm³/mol. The fraction of sp³-hybridized carbons (Fsp3) is 0.933. The summed E-state index contributed by atoms with van der Waals surface area (Å²) in [6.07, 6.45) is 6.69. The van der Waals surface area contributed by atoms with Crippen LogP contribution >= 0.6 is 24.0 Å². The van der Waals surface area contributed by atoms with Gasteiger partial charge in [0.15, 0.2) is 5.96 Å². The van der Waals surface area contributed by atoms with E-state index in [-0.39, 0.29) is 24.0 Å². The fourth-order valence-electron chi connectivity index (χ4n) is 3.19. The van der Waals surface area contributed by atoms with Crippen LogP contribution < -0.4 is 11.1 Å². The van der Waals surface area contributed by atoms with Crippen molar-refractivity contribution >= 4 is 29.9 Å². The molecule has 0 amide bonds. The molecule has 3 fully saturated rings. The predicted octanol–water partition coefficient (Wildman–Crippen LogP) is 1.42. The van der Waals surface area contributed by atoms with E-state index in [1.807, 2.05) is 0 Å². The van der Waals surface area contributed by atoms with Crippen LogP contribution in [0, 0.1) is 11.3 Å². The van der Waals surface area contributed by atoms with E-state index in [4.69, 9.17) is 10.5 Å². The number of halogens is 1. The van der Waals surface area contributed by atoms with Gasteiger partial charge in [-0.3, -0.25) is 9.89 Å². The summed E-state index contributed by atoms with van der Waals surface area (Å²) in [5, 5.41) is 3.25. The summed E-state index contributed by atoms with van der Waals surface area (Å²) in [5.41, 5.74) is 6.51. The molecule has 6 heteroatoms. The van der Waals surface area contributed by atoms with E-state index >= 15 is 0 Å². The Labute approximate surface area is 145 Å². The van der Waals surface area contributed by atoms with E-state index in [0.29, 0.717) is 11.4 Å². The summed E-state index contributed by atoms with van der Waals surface area (Å²) in [5.74, 6) is 1.60. The maximum Gasteiger partial charge on any atom is 0.188 e. The van der Waals surface area contributed by atoms with Crippen molar-refractivity contribution < 1.29 is 4.74 Å². The first kappa shape index (κ1) is 17.3. The Morgan fingerprint density at radius 3 is 2.62 bits per heavy atom. The van der Waals surface area contributed by atoms with Crippen LogP contribution in [-0.2, 0) is 4.74 Å². The third kappa shape index (κ3) is 5.25. The Morgan fingerprint density at radius 1 is 1.29 bits per heavy atom. The molecule has 0 aromatic rings. The molecule has 122 valence electrons. The van der Waals surface area contributed by atoms with Gasteiger partial charge in [0.05, 0.1) is 13.2 Å². The smallest absolute Gasteiger partial charge is 0.188 e. The van der Waals surface area contributed by atoms with Gasteiger partial charge >= 0.3 is 0 Å². The second kappa shape index (κ2) is 7.97. The van der Waals surface area contributed by atoms with Crippen LogP contribution in [0.5, 0.6) is 0 Å². The SMILES string of the molecule is I.NC(=NCC1(C2CC2)CC1)NCCCN1CCOCC1. The second-order valence-electron chi connectivity index (χ2n) is 6.57. The topological polar surface area (TPSA) is 62.9 Å². The van der Waals surface area contributed by atoms with Gasteiger partial charge < -0.3 is 15.8 Å². The van der Waals surface area contributed by atoms with Crippen LogP contribution in [-0.4, -0.2) is 56.8 Å². The molecule has 21 heavy (non-hydrogen) atoms. The maximum atomic E-state index is 5.95. The first-order valence-corrected chi connectivity index (χ1v) is 8.12. The van der Waals surface area contributed by atoms with Crippen molar-refractivity contribution in [1.82, 2.24) is 10.2 Å². The zero-order valence-electron chi connectivity index (χ0n) is 12.9. The summed E-state index contributed by atoms with van der Waals surface area (Å²) < 4.78 is 5.34. The number of hydrogen-bond donors (Lipinski definition) is 2. The maximum absolute atomic E-state index is 5.95. The second-order valence-corrected chi connectivity index (χ2v) is 6.57. The number of nitrogens with one attached hydrogen (secondary N) is 1. The van der Waals surface area contributed by atoms with Crippen molar-refractivity contribution in [3.63, 3.8) is 0 Å². The number of nitrogens with zero attached hydrogens (tertiary/aromatic N) is 2. The quantitative estimate of drug-likeness (QED) is 0.290. The summed E-state index contributed by atoms with van der Waals surface area (Å²) in [6.45, 7) is 6.86. The number of aliphatic imine (C=N–C) groups is 1. The standard InChI is InChI=1S/C15H28N4O.HI/c16-14(18-12-15(4-5-15)13-2-3-13)17-6-1-7-19-8-10-20-11-9-19;/h13H,1-12H2,(H3,16,17,18);1H. The first-order chi connectivity index (χ1) is 9.78. The van der Waals surface area contributed by atoms with Crippen molar-refractivity contribution in [2.45, 2.75) is 32.1 Å². The highest BCUT2D eigenvalue weighted by atomic mass is 127. The number of morpholine rings is 1. The highest BCUT2D eigenvalue weighted by Gasteiger charge is 2.53. The largest absolute Gasteiger partial charge is 0.379 e. The molecule has 5 nitrogen and oxygen atoms in total. The molecule has 3 aliphatic rings. The molecule has 0 atom stereocenters. The van der Waals surface area contributed by atoms with Gasteiger partial charge in [-0.05, 0) is 50.0 Å². The molecule has 1 saturated heterocycles. The Morgan fingerprint density at radius 2 is 2.00 bits per heavy atom. The fourth-order valence-corrected chi connectivity index (χ4v) is 3.19. The van der Waals surface area contributed by atoms with Gasteiger partial charge in [-0.2, -0.15) is 0 Å². The van der Waals surface area contributed by atoms with Gasteiger partial charge in [-0.1, -0.05) is 0 Å². The Balaban J connectivity index is 0.00000161. The zero-order valence-corrected chi connectivity index (χ0v) is 15.2. The molecule has 1 heterocycles. The van der Waals surface area contributed by atoms with Crippen LogP contribution in [0.1, 0.15) is 32.1 Å². The third-order valence-corrected chi connectivity index (χ3v) is 4.96. The lowest BCUT2D eigenvalue weighted by atomic mass is 10.0. The van der Waals surface area contributed by atoms with Crippen molar-refractivity contribution in [2.75, 3.05) is 45.9 Å². The monoisotopic (exact) mass is 408 g/mol. The molecule has 3 N–H and O–H groups in total. The van der Waals surface area contributed by atoms with E-state index in [9.17, 15) is 0 Å². The minimum Gasteiger partial charge on any atom is -0.379 e. The molecule has 1 aliphatic heterocycles. The number of nitrogens with two attached hydrogens (primary N) is 1. The molecule has 0 aromatic carbocycles. The number of rotatable bonds is 7. The molecule has 0 radical (unpaired) electrons. The zero-order chi connectivity index (χ0) is 13.8. The number of ether oxygens (including phenoxy) is 1. The van der Waals surface area contributed by atoms with Gasteiger partial charge in [0.2, 0.25) is 0 Å². The minimum atomic E-state index is 0. The normalized spacial score (nSPS) is 25.2. The molecular weight excluding hydrogens is 379 g/mol. The van der Waals surface area contributed by atoms with Gasteiger partial charge in [-0.15, -0.1) is 24.0 Å². The molecule has 0 aromatic heterocycles. The van der Waals surface area contributed by atoms with Gasteiger partial charge in [0.25, 0.3) is 0 Å². The lowest BCUT2D eigenvalue weighted by Crippen LogP contribution is -2.39. The molecule has 3 rings (SSSR count). The Hall–Kier alpha value is -0.0800. The Kier molecular flexibility index (Phi) is 6.55. The number of guanidine groups is 1. The van der Waals surface area contributed by atoms with Crippen molar-refractivity contribution in [3.8, 4) is 0 Å². The van der Waals surface area contributed by atoms with E-state index in [1.165, 1.54) is 25.7 Å². The summed E-state index contributed by atoms with van der Waals surface area (Å²) in [4.78, 5) is 7.00. The third-order valence-electron chi connectivity index (χ3n) is 4.96. The van der Waals surface area contributed by atoms with Crippen LogP contribution in [0.15, 0.2) is 4.99 Å². The Bertz CT molecular complexity index is 350. The first-order valence-electron chi connectivity index (χ1n) is 8.12. The van der Waals surface area contributed by atoms with Gasteiger partial charge in [-0.25, -0.2) is 0 Å². The molecular formula is C15H29IN4O. The summed E-state index contributed by atoms with van der Waals surface area (Å²) in [6, 6.07) is 0. The van der Waals surface area contributed by atoms with Crippen LogP contribution in [0.3, 0.4) is 0 Å². The van der Waals surface area contributed by atoms with E-state index in [1.54, 1.807) is 0 Å². The highest BCUT2D eigenvalue weighted by molar-refractivity contribution is 14.0. The molecule has 0 spiro atoms. The average Bonchev–Trinajstić information content (AvgIpc) is 3.35. The molecule has 0 bridgehead atoms. The van der Waals surface area contributed by atoms with Crippen LogP contribution in [0.2, 0.25) is 0 Å². The van der Waals surface area contributed by atoms with Crippen LogP contribution in [0.4, 0.5) is 0 Å². The van der Waals surface area contributed by atoms with Crippen molar-refractivity contribution in [1.29, 1.82) is 0 Å². The summed E-state index contributed by atoms with van der Waals surface area (Å²) >= 11 is 0. The lowest BCUT2D eigenvalue weighted by molar-refractivity contribution is 0.0376. The molecule has 0 unspecified atom stereocenters. The van der Waals surface area contributed by atoms with Gasteiger partial charge in [0, 0.05) is 26.2 Å². The summed E-state index contributed by atoms with van der Waals surface area (Å²) in [7, 11) is 0. The number of hydrogen-bond acceptors (Lipinski definition) is 3. The molecule has 2 saturated carbocycles. The molecule has 2 aliphatic carbocycles. The van der Waals surface area contributed by atoms with Crippen molar-refractivity contribution in [2.24, 2.45) is 22.1 Å². The van der Waals surface area contributed by atoms with Crippen molar-refractivity contribution in [3.05, 3.63) is 0 Å². The van der Waals surface area contributed by atoms with E-state index in [2.05, 4.69) is 15.2 Å². The highest BCUT2D eigenvalue weighted by Crippen LogP contribution is 2.61. The van der Waals surface area contributed by atoms with Gasteiger partial charge in [0.1, 0.15) is 0 Å². The average molecular weight is 408 g/mol. The van der Waals surface area contributed by atoms with E-state index < -0.39 is 0 Å². The van der Waals surface area contributed by atoms with Crippen LogP contribution in [0.25, 0.3) is 0 Å². The minimum absolute atomic E-state index is 0.